The molecule has 0 radical (unpaired) electrons. The molecule has 6 nitrogen and oxygen atoms in total. The highest BCUT2D eigenvalue weighted by atomic mass is 16.5. The van der Waals surface area contributed by atoms with Crippen molar-refractivity contribution in [2.24, 2.45) is 0 Å². The van der Waals surface area contributed by atoms with Gasteiger partial charge < -0.3 is 20.9 Å². The van der Waals surface area contributed by atoms with Crippen molar-refractivity contribution in [3.05, 3.63) is 47.5 Å². The maximum absolute atomic E-state index is 6.30. The normalized spacial score (nSPS) is 11.1. The van der Waals surface area contributed by atoms with Crippen LogP contribution in [0.4, 0.5) is 22.7 Å². The van der Waals surface area contributed by atoms with Gasteiger partial charge in [-0.15, -0.1) is 0 Å². The molecular formula is C28H46N4O2. The van der Waals surface area contributed by atoms with E-state index in [0.717, 1.165) is 81.0 Å². The van der Waals surface area contributed by atoms with Crippen LogP contribution in [0, 0.1) is 0 Å². The molecule has 0 atom stereocenters. The van der Waals surface area contributed by atoms with Gasteiger partial charge >= 0.3 is 0 Å². The Bertz CT molecular complexity index is 843. The Kier molecular flexibility index (Phi) is 12.6. The number of rotatable bonds is 17. The van der Waals surface area contributed by atoms with Crippen molar-refractivity contribution in [1.82, 2.24) is 0 Å². The number of nitrogens with zero attached hydrogens (tertiary/aromatic N) is 2. The molecule has 0 saturated heterocycles. The van der Waals surface area contributed by atoms with E-state index in [1.807, 2.05) is 19.1 Å². The van der Waals surface area contributed by atoms with Crippen LogP contribution in [0.1, 0.15) is 64.5 Å². The van der Waals surface area contributed by atoms with Crippen LogP contribution in [-0.4, -0.2) is 39.5 Å². The van der Waals surface area contributed by atoms with Gasteiger partial charge in [0.1, 0.15) is 0 Å². The molecule has 6 heteroatoms. The molecule has 0 aliphatic carbocycles. The van der Waals surface area contributed by atoms with Crippen molar-refractivity contribution in [2.45, 2.75) is 66.2 Å². The molecular weight excluding hydrogens is 424 g/mol. The SMILES string of the molecule is CCCCOCCN(c1ccc(N)c(CCC)c1)N(CCOCC)c1ccc(N)c(CCC)c1. The Hall–Kier alpha value is -2.44. The van der Waals surface area contributed by atoms with Gasteiger partial charge in [0.05, 0.1) is 37.7 Å². The van der Waals surface area contributed by atoms with Gasteiger partial charge in [-0.3, -0.25) is 10.0 Å². The van der Waals surface area contributed by atoms with E-state index >= 15 is 0 Å². The maximum Gasteiger partial charge on any atom is 0.0662 e. The third kappa shape index (κ3) is 8.41. The number of anilines is 4. The summed E-state index contributed by atoms with van der Waals surface area (Å²) in [6.45, 7) is 12.8. The summed E-state index contributed by atoms with van der Waals surface area (Å²) >= 11 is 0. The Labute approximate surface area is 207 Å². The molecule has 0 aliphatic rings. The first-order valence-corrected chi connectivity index (χ1v) is 13.0. The van der Waals surface area contributed by atoms with Crippen LogP contribution in [0.15, 0.2) is 36.4 Å². The molecule has 0 aliphatic heterocycles. The molecule has 0 saturated carbocycles. The monoisotopic (exact) mass is 470 g/mol. The molecule has 0 bridgehead atoms. The zero-order valence-corrected chi connectivity index (χ0v) is 21.8. The van der Waals surface area contributed by atoms with Gasteiger partial charge in [0.2, 0.25) is 0 Å². The molecule has 190 valence electrons. The number of nitrogens with two attached hydrogens (primary N) is 2. The number of nitrogen functional groups attached to an aromatic ring is 2. The van der Waals surface area contributed by atoms with Crippen LogP contribution in [0.5, 0.6) is 0 Å². The molecule has 2 rings (SSSR count). The number of ether oxygens (including phenoxy) is 2. The van der Waals surface area contributed by atoms with Gasteiger partial charge in [-0.1, -0.05) is 40.0 Å². The first-order valence-electron chi connectivity index (χ1n) is 13.0. The third-order valence-electron chi connectivity index (χ3n) is 5.92. The first-order chi connectivity index (χ1) is 16.5. The predicted molar refractivity (Wildman–Crippen MR) is 147 cm³/mol. The Morgan fingerprint density at radius 1 is 0.647 bits per heavy atom. The average molecular weight is 471 g/mol. The Morgan fingerprint density at radius 3 is 1.59 bits per heavy atom. The minimum absolute atomic E-state index is 0.633. The van der Waals surface area contributed by atoms with Crippen LogP contribution in [0.2, 0.25) is 0 Å². The first kappa shape index (κ1) is 27.8. The van der Waals surface area contributed by atoms with Crippen LogP contribution in [0.25, 0.3) is 0 Å². The largest absolute Gasteiger partial charge is 0.399 e. The lowest BCUT2D eigenvalue weighted by molar-refractivity contribution is 0.134. The number of aryl methyl sites for hydroxylation is 2. The molecule has 2 aromatic rings. The molecule has 0 spiro atoms. The van der Waals surface area contributed by atoms with Gasteiger partial charge in [0.25, 0.3) is 0 Å². The van der Waals surface area contributed by atoms with Crippen molar-refractivity contribution >= 4 is 22.7 Å². The maximum atomic E-state index is 6.30. The average Bonchev–Trinajstić information content (AvgIpc) is 2.83. The van der Waals surface area contributed by atoms with Crippen LogP contribution in [0.3, 0.4) is 0 Å². The smallest absolute Gasteiger partial charge is 0.0662 e. The zero-order valence-electron chi connectivity index (χ0n) is 21.8. The topological polar surface area (TPSA) is 77.0 Å². The van der Waals surface area contributed by atoms with Gasteiger partial charge in [0.15, 0.2) is 0 Å². The number of hydrazine groups is 1. The molecule has 2 aromatic carbocycles. The lowest BCUT2D eigenvalue weighted by atomic mass is 10.1. The van der Waals surface area contributed by atoms with Crippen LogP contribution >= 0.6 is 0 Å². The second-order valence-corrected chi connectivity index (χ2v) is 8.68. The van der Waals surface area contributed by atoms with Crippen molar-refractivity contribution in [3.63, 3.8) is 0 Å². The van der Waals surface area contributed by atoms with E-state index < -0.39 is 0 Å². The minimum Gasteiger partial charge on any atom is -0.399 e. The second kappa shape index (κ2) is 15.5. The molecule has 0 fully saturated rings. The summed E-state index contributed by atoms with van der Waals surface area (Å²) in [4.78, 5) is 0. The fraction of sp³-hybridized carbons (Fsp3) is 0.571. The molecule has 0 aromatic heterocycles. The van der Waals surface area contributed by atoms with E-state index in [9.17, 15) is 0 Å². The molecule has 0 heterocycles. The van der Waals surface area contributed by atoms with Gasteiger partial charge in [-0.05, 0) is 73.7 Å². The zero-order chi connectivity index (χ0) is 24.8. The summed E-state index contributed by atoms with van der Waals surface area (Å²) in [7, 11) is 0. The number of hydrogen-bond acceptors (Lipinski definition) is 6. The lowest BCUT2D eigenvalue weighted by Crippen LogP contribution is -2.47. The van der Waals surface area contributed by atoms with Crippen molar-refractivity contribution in [3.8, 4) is 0 Å². The standard InChI is InChI=1S/C28H46N4O2/c1-5-9-18-34-20-17-32(26-13-15-28(30)24(22-26)11-7-3)31(16-19-33-8-4)25-12-14-27(29)23(21-25)10-6-2/h12-15,21-22H,5-11,16-20,29-30H2,1-4H3. The van der Waals surface area contributed by atoms with E-state index in [-0.39, 0.29) is 0 Å². The predicted octanol–water partition coefficient (Wildman–Crippen LogP) is 5.84. The highest BCUT2D eigenvalue weighted by Crippen LogP contribution is 2.29. The minimum atomic E-state index is 0.633. The van der Waals surface area contributed by atoms with Crippen molar-refractivity contribution < 1.29 is 9.47 Å². The number of hydrogen-bond donors (Lipinski definition) is 2. The van der Waals surface area contributed by atoms with Crippen molar-refractivity contribution in [2.75, 3.05) is 61.0 Å². The lowest BCUT2D eigenvalue weighted by Gasteiger charge is -2.39. The second-order valence-electron chi connectivity index (χ2n) is 8.68. The highest BCUT2D eigenvalue weighted by molar-refractivity contribution is 5.65. The Balaban J connectivity index is 2.45. The molecule has 0 amide bonds. The summed E-state index contributed by atoms with van der Waals surface area (Å²) in [6.07, 6.45) is 6.24. The van der Waals surface area contributed by atoms with Gasteiger partial charge in [0, 0.05) is 24.6 Å². The number of benzene rings is 2. The van der Waals surface area contributed by atoms with Crippen LogP contribution < -0.4 is 21.5 Å². The van der Waals surface area contributed by atoms with E-state index in [1.54, 1.807) is 0 Å². The fourth-order valence-electron chi connectivity index (χ4n) is 4.05. The summed E-state index contributed by atoms with van der Waals surface area (Å²) in [5, 5.41) is 4.61. The van der Waals surface area contributed by atoms with E-state index in [0.29, 0.717) is 19.8 Å². The summed E-state index contributed by atoms with van der Waals surface area (Å²) in [5.74, 6) is 0. The van der Waals surface area contributed by atoms with E-state index in [4.69, 9.17) is 20.9 Å². The quantitative estimate of drug-likeness (QED) is 0.172. The number of unbranched alkanes of at least 4 members (excludes halogenated alkanes) is 1. The van der Waals surface area contributed by atoms with Gasteiger partial charge in [-0.25, -0.2) is 0 Å². The van der Waals surface area contributed by atoms with E-state index in [1.165, 1.54) is 11.1 Å². The molecule has 34 heavy (non-hydrogen) atoms. The summed E-state index contributed by atoms with van der Waals surface area (Å²) < 4.78 is 11.7. The fourth-order valence-corrected chi connectivity index (χ4v) is 4.05. The molecule has 0 unspecified atom stereocenters. The third-order valence-corrected chi connectivity index (χ3v) is 5.92. The summed E-state index contributed by atoms with van der Waals surface area (Å²) in [5.41, 5.74) is 18.9. The van der Waals surface area contributed by atoms with Crippen LogP contribution in [-0.2, 0) is 22.3 Å². The highest BCUT2D eigenvalue weighted by Gasteiger charge is 2.19. The van der Waals surface area contributed by atoms with E-state index in [2.05, 4.69) is 55.1 Å². The Morgan fingerprint density at radius 2 is 1.15 bits per heavy atom. The van der Waals surface area contributed by atoms with Crippen molar-refractivity contribution in [1.29, 1.82) is 0 Å². The summed E-state index contributed by atoms with van der Waals surface area (Å²) in [6, 6.07) is 12.7. The molecule has 4 N–H and O–H groups in total. The van der Waals surface area contributed by atoms with Gasteiger partial charge in [-0.2, -0.15) is 0 Å².